The maximum atomic E-state index is 4.55. The molecule has 0 saturated carbocycles. The monoisotopic (exact) mass is 283 g/mol. The van der Waals surface area contributed by atoms with Gasteiger partial charge < -0.3 is 4.57 Å². The number of hydrogen-bond donors (Lipinski definition) is 0. The van der Waals surface area contributed by atoms with Crippen molar-refractivity contribution in [3.8, 4) is 10.7 Å². The van der Waals surface area contributed by atoms with E-state index in [1.54, 1.807) is 11.3 Å². The van der Waals surface area contributed by atoms with Crippen molar-refractivity contribution in [2.24, 2.45) is 0 Å². The number of rotatable bonds is 4. The average Bonchev–Trinajstić information content (AvgIpc) is 3.10. The highest BCUT2D eigenvalue weighted by Crippen LogP contribution is 2.31. The van der Waals surface area contributed by atoms with Crippen LogP contribution in [0.3, 0.4) is 0 Å². The molecule has 0 bridgehead atoms. The van der Waals surface area contributed by atoms with Crippen LogP contribution in [0.4, 0.5) is 0 Å². The first-order chi connectivity index (χ1) is 9.79. The molecule has 4 heteroatoms. The van der Waals surface area contributed by atoms with Crippen molar-refractivity contribution in [1.29, 1.82) is 0 Å². The second kappa shape index (κ2) is 5.59. The van der Waals surface area contributed by atoms with E-state index in [-0.39, 0.29) is 0 Å². The summed E-state index contributed by atoms with van der Waals surface area (Å²) in [7, 11) is 0. The first kappa shape index (κ1) is 13.1. The minimum atomic E-state index is 0.304. The Morgan fingerprint density at radius 1 is 1.15 bits per heavy atom. The number of aromatic nitrogens is 3. The topological polar surface area (TPSA) is 30.7 Å². The number of thiophene rings is 1. The van der Waals surface area contributed by atoms with Crippen molar-refractivity contribution in [2.45, 2.75) is 26.3 Å². The molecule has 0 saturated heterocycles. The van der Waals surface area contributed by atoms with Crippen LogP contribution in [0, 0.1) is 6.92 Å². The minimum Gasteiger partial charge on any atom is -0.323 e. The third-order valence-electron chi connectivity index (χ3n) is 3.44. The van der Waals surface area contributed by atoms with E-state index in [4.69, 9.17) is 0 Å². The molecule has 0 aliphatic heterocycles. The Bertz CT molecular complexity index is 685. The summed E-state index contributed by atoms with van der Waals surface area (Å²) in [6.07, 6.45) is 8.68. The van der Waals surface area contributed by atoms with Gasteiger partial charge in [0.15, 0.2) is 5.82 Å². The molecule has 1 unspecified atom stereocenters. The molecule has 0 radical (unpaired) electrons. The van der Waals surface area contributed by atoms with Crippen molar-refractivity contribution in [3.63, 3.8) is 0 Å². The molecule has 3 heterocycles. The van der Waals surface area contributed by atoms with Gasteiger partial charge in [-0.05, 0) is 43.2 Å². The second-order valence-corrected chi connectivity index (χ2v) is 6.06. The lowest BCUT2D eigenvalue weighted by Crippen LogP contribution is -2.10. The lowest BCUT2D eigenvalue weighted by molar-refractivity contribution is 0.572. The largest absolute Gasteiger partial charge is 0.323 e. The third kappa shape index (κ3) is 2.39. The van der Waals surface area contributed by atoms with Crippen molar-refractivity contribution in [2.75, 3.05) is 0 Å². The summed E-state index contributed by atoms with van der Waals surface area (Å²) in [4.78, 5) is 11.2. The van der Waals surface area contributed by atoms with Crippen LogP contribution >= 0.6 is 11.3 Å². The zero-order valence-electron chi connectivity index (χ0n) is 11.7. The molecule has 0 amide bonds. The van der Waals surface area contributed by atoms with E-state index >= 15 is 0 Å². The highest BCUT2D eigenvalue weighted by molar-refractivity contribution is 7.15. The maximum Gasteiger partial charge on any atom is 0.150 e. The summed E-state index contributed by atoms with van der Waals surface area (Å²) in [6, 6.07) is 8.76. The van der Waals surface area contributed by atoms with Gasteiger partial charge in [-0.3, -0.25) is 4.98 Å². The molecule has 102 valence electrons. The van der Waals surface area contributed by atoms with Gasteiger partial charge in [-0.25, -0.2) is 4.98 Å². The Labute approximate surface area is 123 Å². The summed E-state index contributed by atoms with van der Waals surface area (Å²) in [6.45, 7) is 4.33. The van der Waals surface area contributed by atoms with Crippen LogP contribution in [-0.2, 0) is 0 Å². The predicted molar refractivity (Wildman–Crippen MR) is 82.9 cm³/mol. The first-order valence-electron chi connectivity index (χ1n) is 6.79. The number of nitrogens with zero attached hydrogens (tertiary/aromatic N) is 3. The van der Waals surface area contributed by atoms with E-state index in [0.29, 0.717) is 6.04 Å². The Morgan fingerprint density at radius 2 is 1.95 bits per heavy atom. The Balaban J connectivity index is 2.04. The molecule has 3 aromatic heterocycles. The molecule has 0 aromatic carbocycles. The van der Waals surface area contributed by atoms with Gasteiger partial charge in [0, 0.05) is 29.7 Å². The fourth-order valence-corrected chi connectivity index (χ4v) is 3.36. The lowest BCUT2D eigenvalue weighted by Gasteiger charge is -2.19. The summed E-state index contributed by atoms with van der Waals surface area (Å²) < 4.78 is 2.26. The fourth-order valence-electron chi connectivity index (χ4n) is 2.49. The SMILES string of the molecule is CCC(c1ccncc1)n1ccnc1-c1ccc(C)s1. The van der Waals surface area contributed by atoms with Crippen molar-refractivity contribution in [3.05, 3.63) is 59.5 Å². The molecule has 0 spiro atoms. The zero-order valence-corrected chi connectivity index (χ0v) is 12.5. The molecular formula is C16H17N3S. The molecule has 20 heavy (non-hydrogen) atoms. The molecule has 1 atom stereocenters. The van der Waals surface area contributed by atoms with Crippen LogP contribution in [0.15, 0.2) is 49.1 Å². The standard InChI is InChI=1S/C16H17N3S/c1-3-14(13-6-8-17-9-7-13)19-11-10-18-16(19)15-5-4-12(2)20-15/h4-11,14H,3H2,1-2H3. The molecule has 0 N–H and O–H groups in total. The molecule has 0 aliphatic carbocycles. The summed E-state index contributed by atoms with van der Waals surface area (Å²) in [5.74, 6) is 1.05. The Hall–Kier alpha value is -1.94. The normalized spacial score (nSPS) is 12.5. The summed E-state index contributed by atoms with van der Waals surface area (Å²) in [5, 5.41) is 0. The van der Waals surface area contributed by atoms with Gasteiger partial charge in [0.2, 0.25) is 0 Å². The number of imidazole rings is 1. The van der Waals surface area contributed by atoms with Crippen LogP contribution in [0.5, 0.6) is 0 Å². The van der Waals surface area contributed by atoms with Gasteiger partial charge >= 0.3 is 0 Å². The van der Waals surface area contributed by atoms with E-state index in [9.17, 15) is 0 Å². The summed E-state index contributed by atoms with van der Waals surface area (Å²) >= 11 is 1.79. The van der Waals surface area contributed by atoms with Crippen LogP contribution < -0.4 is 0 Å². The summed E-state index contributed by atoms with van der Waals surface area (Å²) in [5.41, 5.74) is 1.27. The number of aryl methyl sites for hydroxylation is 1. The van der Waals surface area contributed by atoms with E-state index in [2.05, 4.69) is 58.8 Å². The second-order valence-electron chi connectivity index (χ2n) is 4.77. The highest BCUT2D eigenvalue weighted by Gasteiger charge is 2.16. The minimum absolute atomic E-state index is 0.304. The molecule has 3 rings (SSSR count). The third-order valence-corrected chi connectivity index (χ3v) is 4.44. The molecule has 0 aliphatic rings. The van der Waals surface area contributed by atoms with E-state index < -0.39 is 0 Å². The number of hydrogen-bond acceptors (Lipinski definition) is 3. The van der Waals surface area contributed by atoms with Gasteiger partial charge in [-0.15, -0.1) is 11.3 Å². The Morgan fingerprint density at radius 3 is 2.60 bits per heavy atom. The first-order valence-corrected chi connectivity index (χ1v) is 7.61. The van der Waals surface area contributed by atoms with E-state index in [1.807, 2.05) is 18.6 Å². The van der Waals surface area contributed by atoms with Crippen LogP contribution in [0.2, 0.25) is 0 Å². The van der Waals surface area contributed by atoms with Crippen LogP contribution in [0.1, 0.15) is 29.8 Å². The van der Waals surface area contributed by atoms with Crippen molar-refractivity contribution >= 4 is 11.3 Å². The lowest BCUT2D eigenvalue weighted by atomic mass is 10.1. The van der Waals surface area contributed by atoms with E-state index in [0.717, 1.165) is 12.2 Å². The number of pyridine rings is 1. The smallest absolute Gasteiger partial charge is 0.150 e. The van der Waals surface area contributed by atoms with Gasteiger partial charge in [-0.1, -0.05) is 6.92 Å². The van der Waals surface area contributed by atoms with Gasteiger partial charge in [-0.2, -0.15) is 0 Å². The quantitative estimate of drug-likeness (QED) is 0.714. The Kier molecular flexibility index (Phi) is 3.65. The molecule has 0 fully saturated rings. The van der Waals surface area contributed by atoms with Crippen molar-refractivity contribution in [1.82, 2.24) is 14.5 Å². The van der Waals surface area contributed by atoms with Crippen molar-refractivity contribution < 1.29 is 0 Å². The maximum absolute atomic E-state index is 4.55. The van der Waals surface area contributed by atoms with Gasteiger partial charge in [0.25, 0.3) is 0 Å². The molecule has 3 nitrogen and oxygen atoms in total. The van der Waals surface area contributed by atoms with Gasteiger partial charge in [0.05, 0.1) is 10.9 Å². The molecular weight excluding hydrogens is 266 g/mol. The van der Waals surface area contributed by atoms with E-state index in [1.165, 1.54) is 15.3 Å². The molecule has 3 aromatic rings. The predicted octanol–water partition coefficient (Wildman–Crippen LogP) is 4.31. The van der Waals surface area contributed by atoms with Crippen LogP contribution in [-0.4, -0.2) is 14.5 Å². The zero-order chi connectivity index (χ0) is 13.9. The van der Waals surface area contributed by atoms with Crippen LogP contribution in [0.25, 0.3) is 10.7 Å². The highest BCUT2D eigenvalue weighted by atomic mass is 32.1. The average molecular weight is 283 g/mol. The van der Waals surface area contributed by atoms with Gasteiger partial charge in [0.1, 0.15) is 0 Å². The fraction of sp³-hybridized carbons (Fsp3) is 0.250.